The van der Waals surface area contributed by atoms with Crippen LogP contribution in [0.2, 0.25) is 0 Å². The van der Waals surface area contributed by atoms with E-state index in [1.165, 1.54) is 0 Å². The molecule has 0 aromatic carbocycles. The van der Waals surface area contributed by atoms with Crippen LogP contribution < -0.4 is 10.9 Å². The number of carbonyl (C=O) groups is 2. The van der Waals surface area contributed by atoms with Gasteiger partial charge in [0, 0.05) is 17.5 Å². The number of carbonyl (C=O) groups excluding carboxylic acids is 2. The Balaban J connectivity index is 1.59. The molecular weight excluding hydrogens is 332 g/mol. The van der Waals surface area contributed by atoms with Gasteiger partial charge >= 0.3 is 0 Å². The summed E-state index contributed by atoms with van der Waals surface area (Å²) in [6.07, 6.45) is 7.68. The van der Waals surface area contributed by atoms with Gasteiger partial charge in [-0.1, -0.05) is 31.3 Å². The van der Waals surface area contributed by atoms with Crippen molar-refractivity contribution >= 4 is 22.9 Å². The number of hydrazine groups is 1. The number of aryl methyl sites for hydroxylation is 1. The maximum atomic E-state index is 12.8. The third-order valence-electron chi connectivity index (χ3n) is 5.29. The Kier molecular flexibility index (Phi) is 4.61. The Hall–Kier alpha value is -2.44. The normalized spacial score (nSPS) is 17.6. The first kappa shape index (κ1) is 17.0. The fraction of sp³-hybridized carbons (Fsp3) is 0.579. The molecule has 2 N–H and O–H groups in total. The van der Waals surface area contributed by atoms with Gasteiger partial charge < -0.3 is 4.52 Å². The lowest BCUT2D eigenvalue weighted by molar-refractivity contribution is -0.125. The van der Waals surface area contributed by atoms with Crippen LogP contribution in [0, 0.1) is 5.92 Å². The van der Waals surface area contributed by atoms with Gasteiger partial charge in [0.1, 0.15) is 0 Å². The van der Waals surface area contributed by atoms with E-state index in [9.17, 15) is 9.59 Å². The largest absolute Gasteiger partial charge is 0.336 e. The second-order valence-electron chi connectivity index (χ2n) is 7.35. The highest BCUT2D eigenvalue weighted by Gasteiger charge is 2.29. The standard InChI is InChI=1S/C19H24N4O3/c1-2-5-14-16-13(10-15(11-8-9-11)20-19(16)26-23-14)18(25)22-21-17(24)12-6-3-4-7-12/h10-12H,2-9H2,1H3,(H,21,24)(H,22,25). The molecule has 0 spiro atoms. The zero-order valence-corrected chi connectivity index (χ0v) is 15.0. The Labute approximate surface area is 151 Å². The molecule has 26 heavy (non-hydrogen) atoms. The minimum atomic E-state index is -0.341. The quantitative estimate of drug-likeness (QED) is 0.803. The van der Waals surface area contributed by atoms with Crippen LogP contribution >= 0.6 is 0 Å². The van der Waals surface area contributed by atoms with Crippen molar-refractivity contribution < 1.29 is 14.1 Å². The van der Waals surface area contributed by atoms with Crippen molar-refractivity contribution in [3.63, 3.8) is 0 Å². The van der Waals surface area contributed by atoms with Crippen LogP contribution in [0.5, 0.6) is 0 Å². The number of fused-ring (bicyclic) bond motifs is 1. The molecule has 0 unspecified atom stereocenters. The van der Waals surface area contributed by atoms with E-state index in [2.05, 4.69) is 21.0 Å². The van der Waals surface area contributed by atoms with E-state index in [0.717, 1.165) is 56.3 Å². The Morgan fingerprint density at radius 3 is 2.65 bits per heavy atom. The summed E-state index contributed by atoms with van der Waals surface area (Å²) in [5.41, 5.74) is 7.66. The van der Waals surface area contributed by atoms with Crippen molar-refractivity contribution in [3.05, 3.63) is 23.0 Å². The van der Waals surface area contributed by atoms with E-state index in [4.69, 9.17) is 4.52 Å². The third-order valence-corrected chi connectivity index (χ3v) is 5.29. The number of hydrogen-bond acceptors (Lipinski definition) is 5. The summed E-state index contributed by atoms with van der Waals surface area (Å²) in [4.78, 5) is 29.5. The molecule has 2 aliphatic rings. The van der Waals surface area contributed by atoms with Gasteiger partial charge in [0.25, 0.3) is 11.6 Å². The molecule has 2 aliphatic carbocycles. The summed E-state index contributed by atoms with van der Waals surface area (Å²) in [7, 11) is 0. The topological polar surface area (TPSA) is 97.1 Å². The number of rotatable bonds is 5. The molecule has 0 saturated heterocycles. The molecule has 0 radical (unpaired) electrons. The monoisotopic (exact) mass is 356 g/mol. The molecule has 2 saturated carbocycles. The number of nitrogens with zero attached hydrogens (tertiary/aromatic N) is 2. The summed E-state index contributed by atoms with van der Waals surface area (Å²) in [6, 6.07) is 1.83. The first-order chi connectivity index (χ1) is 12.7. The number of nitrogens with one attached hydrogen (secondary N) is 2. The van der Waals surface area contributed by atoms with Crippen LogP contribution in [0.4, 0.5) is 0 Å². The van der Waals surface area contributed by atoms with Gasteiger partial charge in [0.2, 0.25) is 5.91 Å². The zero-order chi connectivity index (χ0) is 18.1. The van der Waals surface area contributed by atoms with Gasteiger partial charge in [-0.2, -0.15) is 0 Å². The third kappa shape index (κ3) is 3.30. The lowest BCUT2D eigenvalue weighted by Crippen LogP contribution is -2.44. The first-order valence-corrected chi connectivity index (χ1v) is 9.56. The van der Waals surface area contributed by atoms with Crippen molar-refractivity contribution in [2.75, 3.05) is 0 Å². The van der Waals surface area contributed by atoms with Gasteiger partial charge in [-0.15, -0.1) is 0 Å². The zero-order valence-electron chi connectivity index (χ0n) is 15.0. The molecule has 2 aromatic rings. The van der Waals surface area contributed by atoms with E-state index >= 15 is 0 Å². The predicted octanol–water partition coefficient (Wildman–Crippen LogP) is 3.00. The average Bonchev–Trinajstić information content (AvgIpc) is 3.20. The minimum absolute atomic E-state index is 0.000952. The fourth-order valence-electron chi connectivity index (χ4n) is 3.68. The van der Waals surface area contributed by atoms with Crippen LogP contribution in [0.1, 0.15) is 79.5 Å². The lowest BCUT2D eigenvalue weighted by Gasteiger charge is -2.12. The lowest BCUT2D eigenvalue weighted by atomic mass is 10.1. The number of amides is 2. The number of aromatic nitrogens is 2. The summed E-state index contributed by atoms with van der Waals surface area (Å²) in [5, 5.41) is 4.76. The summed E-state index contributed by atoms with van der Waals surface area (Å²) in [5.74, 6) is -0.0614. The highest BCUT2D eigenvalue weighted by molar-refractivity contribution is 6.06. The molecule has 138 valence electrons. The van der Waals surface area contributed by atoms with Crippen molar-refractivity contribution in [2.45, 2.75) is 64.2 Å². The number of hydrogen-bond donors (Lipinski definition) is 2. The first-order valence-electron chi connectivity index (χ1n) is 9.56. The van der Waals surface area contributed by atoms with Gasteiger partial charge in [-0.25, -0.2) is 4.98 Å². The fourth-order valence-corrected chi connectivity index (χ4v) is 3.68. The van der Waals surface area contributed by atoms with E-state index in [1.807, 2.05) is 13.0 Å². The Morgan fingerprint density at radius 1 is 1.19 bits per heavy atom. The van der Waals surface area contributed by atoms with Crippen LogP contribution in [-0.4, -0.2) is 22.0 Å². The van der Waals surface area contributed by atoms with Gasteiger partial charge in [-0.3, -0.25) is 20.4 Å². The second kappa shape index (κ2) is 7.05. The summed E-state index contributed by atoms with van der Waals surface area (Å²) < 4.78 is 5.39. The Morgan fingerprint density at radius 2 is 1.96 bits per heavy atom. The molecule has 7 heteroatoms. The minimum Gasteiger partial charge on any atom is -0.336 e. The summed E-state index contributed by atoms with van der Waals surface area (Å²) in [6.45, 7) is 2.05. The molecule has 2 aromatic heterocycles. The summed E-state index contributed by atoms with van der Waals surface area (Å²) >= 11 is 0. The van der Waals surface area contributed by atoms with Crippen molar-refractivity contribution in [3.8, 4) is 0 Å². The van der Waals surface area contributed by atoms with E-state index < -0.39 is 0 Å². The SMILES string of the molecule is CCCc1noc2nc(C3CC3)cc(C(=O)NNC(=O)C3CCCC3)c12. The van der Waals surface area contributed by atoms with Gasteiger partial charge in [-0.05, 0) is 38.2 Å². The molecule has 0 bridgehead atoms. The van der Waals surface area contributed by atoms with Gasteiger partial charge in [0.05, 0.1) is 16.6 Å². The van der Waals surface area contributed by atoms with Crippen LogP contribution in [0.25, 0.3) is 11.1 Å². The van der Waals surface area contributed by atoms with Crippen LogP contribution in [0.3, 0.4) is 0 Å². The maximum Gasteiger partial charge on any atom is 0.270 e. The number of pyridine rings is 1. The van der Waals surface area contributed by atoms with Crippen molar-refractivity contribution in [1.82, 2.24) is 21.0 Å². The predicted molar refractivity (Wildman–Crippen MR) is 95.3 cm³/mol. The average molecular weight is 356 g/mol. The van der Waals surface area contributed by atoms with E-state index in [1.54, 1.807) is 0 Å². The van der Waals surface area contributed by atoms with Gasteiger partial charge in [0.15, 0.2) is 0 Å². The molecule has 4 rings (SSSR count). The molecule has 2 heterocycles. The van der Waals surface area contributed by atoms with Crippen LogP contribution in [-0.2, 0) is 11.2 Å². The highest BCUT2D eigenvalue weighted by atomic mass is 16.5. The molecule has 7 nitrogen and oxygen atoms in total. The maximum absolute atomic E-state index is 12.8. The van der Waals surface area contributed by atoms with E-state index in [0.29, 0.717) is 29.0 Å². The second-order valence-corrected chi connectivity index (χ2v) is 7.35. The van der Waals surface area contributed by atoms with Crippen LogP contribution in [0.15, 0.2) is 10.6 Å². The smallest absolute Gasteiger partial charge is 0.270 e. The molecule has 2 amide bonds. The molecule has 0 atom stereocenters. The van der Waals surface area contributed by atoms with E-state index in [-0.39, 0.29) is 17.7 Å². The molecular formula is C19H24N4O3. The van der Waals surface area contributed by atoms with Crippen molar-refractivity contribution in [1.29, 1.82) is 0 Å². The highest BCUT2D eigenvalue weighted by Crippen LogP contribution is 2.40. The Bertz CT molecular complexity index is 835. The molecule has 0 aliphatic heterocycles. The molecule has 2 fully saturated rings. The van der Waals surface area contributed by atoms with Crippen molar-refractivity contribution in [2.24, 2.45) is 5.92 Å².